The molecule has 36 heavy (non-hydrogen) atoms. The summed E-state index contributed by atoms with van der Waals surface area (Å²) in [6.07, 6.45) is -0.961. The van der Waals surface area contributed by atoms with Gasteiger partial charge in [-0.1, -0.05) is 24.3 Å². The van der Waals surface area contributed by atoms with Crippen LogP contribution in [0.25, 0.3) is 0 Å². The summed E-state index contributed by atoms with van der Waals surface area (Å²) in [5, 5.41) is 15.8. The van der Waals surface area contributed by atoms with Crippen LogP contribution in [0.5, 0.6) is 11.5 Å². The van der Waals surface area contributed by atoms with Gasteiger partial charge in [-0.25, -0.2) is 10.1 Å². The highest BCUT2D eigenvalue weighted by Gasteiger charge is 2.45. The Kier molecular flexibility index (Phi) is 6.49. The molecule has 2 fully saturated rings. The summed E-state index contributed by atoms with van der Waals surface area (Å²) in [5.41, 5.74) is 6.09. The van der Waals surface area contributed by atoms with E-state index in [1.54, 1.807) is 36.1 Å². The first-order valence-electron chi connectivity index (χ1n) is 11.7. The minimum atomic E-state index is -0.662. The Morgan fingerprint density at radius 2 is 1.94 bits per heavy atom. The fourth-order valence-corrected chi connectivity index (χ4v) is 4.49. The van der Waals surface area contributed by atoms with Gasteiger partial charge in [0, 0.05) is 12.6 Å². The van der Waals surface area contributed by atoms with Crippen LogP contribution in [0, 0.1) is 19.8 Å². The maximum atomic E-state index is 13.0. The number of hydrogen-bond donors (Lipinski definition) is 4. The number of rotatable bonds is 7. The molecular formula is C25H29N7O4. The minimum absolute atomic E-state index is 0.101. The molecule has 5 rings (SSSR count). The number of nitrogens with one attached hydrogen (secondary N) is 4. The largest absolute Gasteiger partial charge is 0.493 e. The van der Waals surface area contributed by atoms with E-state index in [0.29, 0.717) is 29.6 Å². The summed E-state index contributed by atoms with van der Waals surface area (Å²) in [6, 6.07) is 16.9. The van der Waals surface area contributed by atoms with Crippen LogP contribution >= 0.6 is 0 Å². The van der Waals surface area contributed by atoms with Crippen molar-refractivity contribution in [2.75, 3.05) is 30.6 Å². The molecule has 11 heteroatoms. The molecule has 0 saturated carbocycles. The highest BCUT2D eigenvalue weighted by molar-refractivity contribution is 5.91. The molecule has 3 unspecified atom stereocenters. The summed E-state index contributed by atoms with van der Waals surface area (Å²) >= 11 is 0. The van der Waals surface area contributed by atoms with Crippen molar-refractivity contribution in [1.82, 2.24) is 25.8 Å². The SMILES string of the molecule is COc1ccccc1OCC(=O)Nc1cc(C)nn1C1NC(=O)C2CNN(c3cccc(C)c3)C2N1. The maximum absolute atomic E-state index is 13.0. The maximum Gasteiger partial charge on any atom is 0.263 e. The van der Waals surface area contributed by atoms with Crippen molar-refractivity contribution >= 4 is 23.3 Å². The Labute approximate surface area is 208 Å². The lowest BCUT2D eigenvalue weighted by molar-refractivity contribution is -0.129. The number of nitrogens with zero attached hydrogens (tertiary/aromatic N) is 3. The zero-order valence-corrected chi connectivity index (χ0v) is 20.3. The number of methoxy groups -OCH3 is 1. The van der Waals surface area contributed by atoms with Gasteiger partial charge >= 0.3 is 0 Å². The zero-order valence-electron chi connectivity index (χ0n) is 20.3. The molecule has 0 bridgehead atoms. The molecule has 2 aliphatic heterocycles. The molecule has 188 valence electrons. The number of para-hydroxylation sites is 2. The van der Waals surface area contributed by atoms with Crippen molar-refractivity contribution in [1.29, 1.82) is 0 Å². The molecule has 0 radical (unpaired) electrons. The van der Waals surface area contributed by atoms with E-state index < -0.39 is 6.29 Å². The van der Waals surface area contributed by atoms with Crippen LogP contribution in [0.2, 0.25) is 0 Å². The fraction of sp³-hybridized carbons (Fsp3) is 0.320. The van der Waals surface area contributed by atoms with Crippen molar-refractivity contribution < 1.29 is 19.1 Å². The molecule has 1 aromatic heterocycles. The Hall–Kier alpha value is -4.09. The van der Waals surface area contributed by atoms with Crippen LogP contribution < -0.4 is 35.9 Å². The number of aryl methyl sites for hydroxylation is 2. The third-order valence-electron chi connectivity index (χ3n) is 6.16. The van der Waals surface area contributed by atoms with Crippen LogP contribution in [0.4, 0.5) is 11.5 Å². The van der Waals surface area contributed by atoms with Crippen LogP contribution in [-0.4, -0.2) is 48.0 Å². The predicted molar refractivity (Wildman–Crippen MR) is 133 cm³/mol. The van der Waals surface area contributed by atoms with Gasteiger partial charge in [0.2, 0.25) is 5.91 Å². The van der Waals surface area contributed by atoms with Crippen LogP contribution in [-0.2, 0) is 9.59 Å². The fourth-order valence-electron chi connectivity index (χ4n) is 4.49. The number of fused-ring (bicyclic) bond motifs is 1. The number of anilines is 2. The molecule has 2 saturated heterocycles. The number of hydrazine groups is 1. The van der Waals surface area contributed by atoms with E-state index in [4.69, 9.17) is 9.47 Å². The molecule has 4 N–H and O–H groups in total. The van der Waals surface area contributed by atoms with Crippen molar-refractivity contribution in [3.63, 3.8) is 0 Å². The monoisotopic (exact) mass is 491 g/mol. The second-order valence-electron chi connectivity index (χ2n) is 8.80. The lowest BCUT2D eigenvalue weighted by Gasteiger charge is -2.37. The molecular weight excluding hydrogens is 462 g/mol. The Balaban J connectivity index is 1.31. The van der Waals surface area contributed by atoms with Crippen molar-refractivity contribution in [2.45, 2.75) is 26.3 Å². The molecule has 2 aliphatic rings. The molecule has 11 nitrogen and oxygen atoms in total. The van der Waals surface area contributed by atoms with Gasteiger partial charge in [-0.15, -0.1) is 0 Å². The van der Waals surface area contributed by atoms with E-state index >= 15 is 0 Å². The number of ether oxygens (including phenoxy) is 2. The number of carbonyl (C=O) groups excluding carboxylic acids is 2. The van der Waals surface area contributed by atoms with Gasteiger partial charge in [0.05, 0.1) is 24.4 Å². The van der Waals surface area contributed by atoms with Crippen molar-refractivity contribution in [2.24, 2.45) is 5.92 Å². The molecule has 3 aromatic rings. The highest BCUT2D eigenvalue weighted by atomic mass is 16.5. The van der Waals surface area contributed by atoms with E-state index in [1.165, 1.54) is 0 Å². The summed E-state index contributed by atoms with van der Waals surface area (Å²) in [4.78, 5) is 25.7. The number of hydrogen-bond acceptors (Lipinski definition) is 8. The van der Waals surface area contributed by atoms with E-state index in [2.05, 4.69) is 32.5 Å². The van der Waals surface area contributed by atoms with E-state index in [0.717, 1.165) is 11.3 Å². The molecule has 3 atom stereocenters. The van der Waals surface area contributed by atoms with Gasteiger partial charge in [-0.05, 0) is 43.7 Å². The first-order valence-corrected chi connectivity index (χ1v) is 11.7. The molecule has 0 aliphatic carbocycles. The first kappa shape index (κ1) is 23.6. The normalized spacial score (nSPS) is 21.0. The van der Waals surface area contributed by atoms with Crippen LogP contribution in [0.3, 0.4) is 0 Å². The summed E-state index contributed by atoms with van der Waals surface area (Å²) in [7, 11) is 1.54. The smallest absolute Gasteiger partial charge is 0.263 e. The second kappa shape index (κ2) is 9.88. The molecule has 0 spiro atoms. The minimum Gasteiger partial charge on any atom is -0.493 e. The van der Waals surface area contributed by atoms with E-state index in [1.807, 2.05) is 43.1 Å². The second-order valence-corrected chi connectivity index (χ2v) is 8.80. The third-order valence-corrected chi connectivity index (χ3v) is 6.16. The molecule has 2 aromatic carbocycles. The average Bonchev–Trinajstić information content (AvgIpc) is 3.46. The summed E-state index contributed by atoms with van der Waals surface area (Å²) in [5.74, 6) is 0.689. The molecule has 3 heterocycles. The standard InChI is InChI=1S/C25H29N7O4/c1-15-7-6-8-17(11-15)31-23-18(13-26-31)24(34)29-25(28-23)32-21(12-16(2)30-32)27-22(33)14-36-20-10-5-4-9-19(20)35-3/h4-12,18,23,25-26,28H,13-14H2,1-3H3,(H,27,33)(H,29,34). The third kappa shape index (κ3) is 4.70. The van der Waals surface area contributed by atoms with Crippen LogP contribution in [0.15, 0.2) is 54.6 Å². The Morgan fingerprint density at radius 3 is 2.72 bits per heavy atom. The van der Waals surface area contributed by atoms with Gasteiger partial charge in [-0.2, -0.15) is 5.10 Å². The summed E-state index contributed by atoms with van der Waals surface area (Å²) < 4.78 is 12.5. The average molecular weight is 492 g/mol. The zero-order chi connectivity index (χ0) is 25.2. The van der Waals surface area contributed by atoms with Gasteiger partial charge in [0.15, 0.2) is 24.4 Å². The number of carbonyl (C=O) groups is 2. The number of amides is 2. The van der Waals surface area contributed by atoms with Crippen molar-refractivity contribution in [3.05, 3.63) is 65.9 Å². The van der Waals surface area contributed by atoms with Gasteiger partial charge in [-0.3, -0.25) is 19.9 Å². The Morgan fingerprint density at radius 1 is 1.14 bits per heavy atom. The van der Waals surface area contributed by atoms with Crippen molar-refractivity contribution in [3.8, 4) is 11.5 Å². The topological polar surface area (TPSA) is 122 Å². The summed E-state index contributed by atoms with van der Waals surface area (Å²) in [6.45, 7) is 4.14. The first-order chi connectivity index (χ1) is 17.4. The van der Waals surface area contributed by atoms with E-state index in [-0.39, 0.29) is 30.5 Å². The number of aromatic nitrogens is 2. The van der Waals surface area contributed by atoms with Gasteiger partial charge < -0.3 is 20.1 Å². The Bertz CT molecular complexity index is 1280. The van der Waals surface area contributed by atoms with Gasteiger partial charge in [0.25, 0.3) is 5.91 Å². The highest BCUT2D eigenvalue weighted by Crippen LogP contribution is 2.29. The quantitative estimate of drug-likeness (QED) is 0.394. The van der Waals surface area contributed by atoms with Gasteiger partial charge in [0.1, 0.15) is 12.0 Å². The van der Waals surface area contributed by atoms with E-state index in [9.17, 15) is 9.59 Å². The number of benzene rings is 2. The van der Waals surface area contributed by atoms with Crippen LogP contribution in [0.1, 0.15) is 17.5 Å². The lowest BCUT2D eigenvalue weighted by atomic mass is 10.0. The molecule has 2 amide bonds. The lowest BCUT2D eigenvalue weighted by Crippen LogP contribution is -2.61. The predicted octanol–water partition coefficient (Wildman–Crippen LogP) is 1.67.